The van der Waals surface area contributed by atoms with E-state index >= 15 is 0 Å². The van der Waals surface area contributed by atoms with Gasteiger partial charge >= 0.3 is 0 Å². The van der Waals surface area contributed by atoms with Crippen LogP contribution in [0.2, 0.25) is 0 Å². The van der Waals surface area contributed by atoms with Crippen molar-refractivity contribution < 1.29 is 5.11 Å². The summed E-state index contributed by atoms with van der Waals surface area (Å²) < 4.78 is 0. The van der Waals surface area contributed by atoms with Crippen LogP contribution in [0.4, 0.5) is 0 Å². The molecule has 0 aliphatic heterocycles. The summed E-state index contributed by atoms with van der Waals surface area (Å²) in [6, 6.07) is 25.6. The van der Waals surface area contributed by atoms with Gasteiger partial charge in [-0.2, -0.15) is 0 Å². The van der Waals surface area contributed by atoms with Crippen molar-refractivity contribution in [3.8, 4) is 0 Å². The maximum atomic E-state index is 10.8. The van der Waals surface area contributed by atoms with Gasteiger partial charge in [0.2, 0.25) is 0 Å². The molecule has 0 fully saturated rings. The molecule has 104 valence electrons. The van der Waals surface area contributed by atoms with Crippen LogP contribution in [0, 0.1) is 0 Å². The molecular formula is C19H17NO. The van der Waals surface area contributed by atoms with E-state index in [1.807, 2.05) is 78.9 Å². The lowest BCUT2D eigenvalue weighted by molar-refractivity contribution is 0.157. The van der Waals surface area contributed by atoms with Gasteiger partial charge in [0.15, 0.2) is 0 Å². The summed E-state index contributed by atoms with van der Waals surface area (Å²) in [5.74, 6) is -0.171. The molecule has 3 rings (SSSR count). The molecule has 0 amide bonds. The Morgan fingerprint density at radius 1 is 0.667 bits per heavy atom. The Morgan fingerprint density at radius 2 is 1.24 bits per heavy atom. The van der Waals surface area contributed by atoms with E-state index in [2.05, 4.69) is 4.98 Å². The zero-order valence-electron chi connectivity index (χ0n) is 11.6. The van der Waals surface area contributed by atoms with E-state index in [4.69, 9.17) is 0 Å². The molecule has 2 heteroatoms. The molecule has 0 aliphatic rings. The number of aliphatic hydroxyl groups excluding tert-OH is 1. The fraction of sp³-hybridized carbons (Fsp3) is 0.105. The van der Waals surface area contributed by atoms with Crippen molar-refractivity contribution in [2.45, 2.75) is 12.0 Å². The first-order chi connectivity index (χ1) is 10.4. The third-order valence-corrected chi connectivity index (χ3v) is 3.62. The number of aromatic nitrogens is 1. The first kappa shape index (κ1) is 13.5. The third kappa shape index (κ3) is 3.01. The molecule has 0 bridgehead atoms. The van der Waals surface area contributed by atoms with Crippen molar-refractivity contribution in [2.24, 2.45) is 0 Å². The molecule has 2 aromatic carbocycles. The van der Waals surface area contributed by atoms with Gasteiger partial charge in [-0.1, -0.05) is 66.7 Å². The molecule has 1 N–H and O–H groups in total. The van der Waals surface area contributed by atoms with Gasteiger partial charge in [0.05, 0.1) is 17.7 Å². The predicted octanol–water partition coefficient (Wildman–Crippen LogP) is 3.95. The number of nitrogens with zero attached hydrogens (tertiary/aromatic N) is 1. The van der Waals surface area contributed by atoms with Crippen LogP contribution in [0.3, 0.4) is 0 Å². The summed E-state index contributed by atoms with van der Waals surface area (Å²) in [7, 11) is 0. The highest BCUT2D eigenvalue weighted by molar-refractivity contribution is 5.33. The van der Waals surface area contributed by atoms with Gasteiger partial charge in [-0.05, 0) is 23.3 Å². The van der Waals surface area contributed by atoms with Gasteiger partial charge < -0.3 is 5.11 Å². The van der Waals surface area contributed by atoms with Gasteiger partial charge in [0.25, 0.3) is 0 Å². The molecule has 1 heterocycles. The van der Waals surface area contributed by atoms with Gasteiger partial charge in [-0.25, -0.2) is 0 Å². The molecule has 2 unspecified atom stereocenters. The van der Waals surface area contributed by atoms with Gasteiger partial charge in [0.1, 0.15) is 0 Å². The van der Waals surface area contributed by atoms with Crippen LogP contribution in [-0.2, 0) is 0 Å². The lowest BCUT2D eigenvalue weighted by atomic mass is 9.86. The van der Waals surface area contributed by atoms with E-state index in [0.717, 1.165) is 16.8 Å². The quantitative estimate of drug-likeness (QED) is 0.782. The van der Waals surface area contributed by atoms with Crippen molar-refractivity contribution in [1.82, 2.24) is 4.98 Å². The summed E-state index contributed by atoms with van der Waals surface area (Å²) in [6.45, 7) is 0. The Morgan fingerprint density at radius 3 is 1.81 bits per heavy atom. The highest BCUT2D eigenvalue weighted by Gasteiger charge is 2.25. The molecule has 21 heavy (non-hydrogen) atoms. The van der Waals surface area contributed by atoms with Crippen molar-refractivity contribution in [2.75, 3.05) is 0 Å². The highest BCUT2D eigenvalue weighted by atomic mass is 16.3. The van der Waals surface area contributed by atoms with Crippen LogP contribution in [0.25, 0.3) is 0 Å². The largest absolute Gasteiger partial charge is 0.387 e. The first-order valence-corrected chi connectivity index (χ1v) is 7.05. The zero-order valence-corrected chi connectivity index (χ0v) is 11.6. The molecule has 0 saturated carbocycles. The fourth-order valence-corrected chi connectivity index (χ4v) is 2.58. The zero-order chi connectivity index (χ0) is 14.5. The van der Waals surface area contributed by atoms with Crippen LogP contribution in [-0.4, -0.2) is 10.1 Å². The molecule has 0 spiro atoms. The molecule has 1 aromatic heterocycles. The maximum Gasteiger partial charge on any atom is 0.0914 e. The first-order valence-electron chi connectivity index (χ1n) is 7.05. The normalized spacial score (nSPS) is 13.6. The molecule has 0 aliphatic carbocycles. The summed E-state index contributed by atoms with van der Waals surface area (Å²) in [5, 5.41) is 10.8. The average molecular weight is 275 g/mol. The number of hydrogen-bond acceptors (Lipinski definition) is 2. The Bertz CT molecular complexity index is 628. The molecule has 0 radical (unpaired) electrons. The summed E-state index contributed by atoms with van der Waals surface area (Å²) in [4.78, 5) is 4.44. The van der Waals surface area contributed by atoms with E-state index in [0.29, 0.717) is 0 Å². The van der Waals surface area contributed by atoms with E-state index in [1.165, 1.54) is 0 Å². The highest BCUT2D eigenvalue weighted by Crippen LogP contribution is 2.35. The number of hydrogen-bond donors (Lipinski definition) is 1. The molecule has 0 saturated heterocycles. The fourth-order valence-electron chi connectivity index (χ4n) is 2.58. The SMILES string of the molecule is OC(c1ccccc1)C(c1ccccc1)c1ccccn1. The van der Waals surface area contributed by atoms with Gasteiger partial charge in [-0.3, -0.25) is 4.98 Å². The van der Waals surface area contributed by atoms with Gasteiger partial charge in [0, 0.05) is 6.20 Å². The van der Waals surface area contributed by atoms with Crippen LogP contribution < -0.4 is 0 Å². The monoisotopic (exact) mass is 275 g/mol. The topological polar surface area (TPSA) is 33.1 Å². The molecule has 2 nitrogen and oxygen atoms in total. The van der Waals surface area contributed by atoms with Crippen LogP contribution in [0.5, 0.6) is 0 Å². The van der Waals surface area contributed by atoms with Crippen LogP contribution >= 0.6 is 0 Å². The van der Waals surface area contributed by atoms with E-state index in [1.54, 1.807) is 6.20 Å². The smallest absolute Gasteiger partial charge is 0.0914 e. The van der Waals surface area contributed by atoms with Gasteiger partial charge in [-0.15, -0.1) is 0 Å². The Balaban J connectivity index is 2.05. The summed E-state index contributed by atoms with van der Waals surface area (Å²) >= 11 is 0. The van der Waals surface area contributed by atoms with E-state index < -0.39 is 6.10 Å². The van der Waals surface area contributed by atoms with Crippen molar-refractivity contribution in [3.63, 3.8) is 0 Å². The molecule has 3 aromatic rings. The second-order valence-electron chi connectivity index (χ2n) is 5.00. The Labute approximate surface area is 124 Å². The minimum atomic E-state index is -0.622. The van der Waals surface area contributed by atoms with Crippen molar-refractivity contribution in [1.29, 1.82) is 0 Å². The second-order valence-corrected chi connectivity index (χ2v) is 5.00. The number of benzene rings is 2. The minimum Gasteiger partial charge on any atom is -0.387 e. The number of pyridine rings is 1. The minimum absolute atomic E-state index is 0.171. The van der Waals surface area contributed by atoms with Crippen molar-refractivity contribution in [3.05, 3.63) is 102 Å². The van der Waals surface area contributed by atoms with Crippen molar-refractivity contribution >= 4 is 0 Å². The summed E-state index contributed by atoms with van der Waals surface area (Å²) in [6.07, 6.45) is 1.15. The van der Waals surface area contributed by atoms with E-state index in [9.17, 15) is 5.11 Å². The lowest BCUT2D eigenvalue weighted by Crippen LogP contribution is -2.13. The standard InChI is InChI=1S/C19H17NO/c21-19(16-11-5-2-6-12-16)18(15-9-3-1-4-10-15)17-13-7-8-14-20-17/h1-14,18-19,21H. The average Bonchev–Trinajstić information content (AvgIpc) is 2.58. The Kier molecular flexibility index (Phi) is 4.08. The number of rotatable bonds is 4. The van der Waals surface area contributed by atoms with Crippen LogP contribution in [0.1, 0.15) is 28.8 Å². The summed E-state index contributed by atoms with van der Waals surface area (Å²) in [5.41, 5.74) is 2.84. The molecule has 2 atom stereocenters. The van der Waals surface area contributed by atoms with E-state index in [-0.39, 0.29) is 5.92 Å². The maximum absolute atomic E-state index is 10.8. The molecular weight excluding hydrogens is 258 g/mol. The lowest BCUT2D eigenvalue weighted by Gasteiger charge is -2.23. The second kappa shape index (κ2) is 6.33. The number of aliphatic hydroxyl groups is 1. The third-order valence-electron chi connectivity index (χ3n) is 3.62. The van der Waals surface area contributed by atoms with Crippen LogP contribution in [0.15, 0.2) is 85.1 Å². The predicted molar refractivity (Wildman–Crippen MR) is 83.9 cm³/mol. The Hall–Kier alpha value is -2.45.